The second-order valence-corrected chi connectivity index (χ2v) is 9.40. The molecule has 2 atom stereocenters. The van der Waals surface area contributed by atoms with Crippen molar-refractivity contribution in [1.82, 2.24) is 19.4 Å². The predicted molar refractivity (Wildman–Crippen MR) is 104 cm³/mol. The van der Waals surface area contributed by atoms with Crippen LogP contribution in [0.1, 0.15) is 25.1 Å². The van der Waals surface area contributed by atoms with Crippen molar-refractivity contribution in [3.05, 3.63) is 47.8 Å². The second kappa shape index (κ2) is 7.50. The van der Waals surface area contributed by atoms with Gasteiger partial charge in [0.25, 0.3) is 0 Å². The van der Waals surface area contributed by atoms with Crippen molar-refractivity contribution in [2.24, 2.45) is 11.8 Å². The van der Waals surface area contributed by atoms with Gasteiger partial charge in [-0.05, 0) is 30.9 Å². The van der Waals surface area contributed by atoms with E-state index in [0.717, 1.165) is 31.0 Å². The molecule has 1 aromatic heterocycles. The molecule has 26 heavy (non-hydrogen) atoms. The lowest BCUT2D eigenvalue weighted by molar-refractivity contribution is 0.295. The first-order valence-electron chi connectivity index (χ1n) is 9.03. The molecular weight excluding hydrogens is 348 g/mol. The number of para-hydroxylation sites is 1. The summed E-state index contributed by atoms with van der Waals surface area (Å²) >= 11 is 0. The maximum absolute atomic E-state index is 11.7. The van der Waals surface area contributed by atoms with Crippen molar-refractivity contribution in [2.45, 2.75) is 33.4 Å². The number of nitrogens with zero attached hydrogens (tertiary/aromatic N) is 3. The van der Waals surface area contributed by atoms with Gasteiger partial charge in [-0.3, -0.25) is 4.90 Å². The molecule has 0 aliphatic carbocycles. The smallest absolute Gasteiger partial charge is 0.209 e. The lowest BCUT2D eigenvalue weighted by Gasteiger charge is -2.21. The van der Waals surface area contributed by atoms with Crippen molar-refractivity contribution in [1.29, 1.82) is 0 Å². The van der Waals surface area contributed by atoms with Crippen molar-refractivity contribution >= 4 is 10.0 Å². The van der Waals surface area contributed by atoms with Crippen LogP contribution < -0.4 is 4.72 Å². The standard InChI is InChI=1S/C19H28N4O2S/c1-14(2)18-12-22(13-19(18)21-26(4,24)25)10-16-11-23(20-15(16)3)17-8-6-5-7-9-17/h5-9,11,14,18-19,21H,10,12-13H2,1-4H3/t18-,19+/m0/s1. The summed E-state index contributed by atoms with van der Waals surface area (Å²) in [6.45, 7) is 8.74. The molecule has 0 bridgehead atoms. The molecule has 142 valence electrons. The van der Waals surface area contributed by atoms with E-state index in [2.05, 4.69) is 34.8 Å². The Morgan fingerprint density at radius 3 is 2.54 bits per heavy atom. The van der Waals surface area contributed by atoms with Gasteiger partial charge in [0.2, 0.25) is 10.0 Å². The fourth-order valence-electron chi connectivity index (χ4n) is 3.72. The maximum Gasteiger partial charge on any atom is 0.209 e. The van der Waals surface area contributed by atoms with E-state index in [9.17, 15) is 8.42 Å². The van der Waals surface area contributed by atoms with Crippen LogP contribution in [-0.2, 0) is 16.6 Å². The van der Waals surface area contributed by atoms with Gasteiger partial charge in [-0.25, -0.2) is 17.8 Å². The number of hydrogen-bond acceptors (Lipinski definition) is 4. The number of benzene rings is 1. The molecule has 1 aromatic carbocycles. The molecule has 0 saturated carbocycles. The van der Waals surface area contributed by atoms with Crippen molar-refractivity contribution in [3.8, 4) is 5.69 Å². The van der Waals surface area contributed by atoms with Gasteiger partial charge in [0.05, 0.1) is 17.6 Å². The van der Waals surface area contributed by atoms with Gasteiger partial charge < -0.3 is 0 Å². The number of sulfonamides is 1. The van der Waals surface area contributed by atoms with E-state index in [4.69, 9.17) is 0 Å². The normalized spacial score (nSPS) is 21.6. The van der Waals surface area contributed by atoms with Crippen LogP contribution in [0.3, 0.4) is 0 Å². The first kappa shape index (κ1) is 19.1. The molecular formula is C19H28N4O2S. The zero-order valence-corrected chi connectivity index (χ0v) is 16.7. The summed E-state index contributed by atoms with van der Waals surface area (Å²) in [6, 6.07) is 10.0. The average Bonchev–Trinajstić information content (AvgIpc) is 3.11. The molecule has 1 saturated heterocycles. The highest BCUT2D eigenvalue weighted by molar-refractivity contribution is 7.88. The maximum atomic E-state index is 11.7. The highest BCUT2D eigenvalue weighted by Gasteiger charge is 2.36. The Morgan fingerprint density at radius 2 is 1.92 bits per heavy atom. The zero-order valence-electron chi connectivity index (χ0n) is 15.9. The van der Waals surface area contributed by atoms with E-state index in [1.165, 1.54) is 11.8 Å². The topological polar surface area (TPSA) is 67.2 Å². The number of aryl methyl sites for hydroxylation is 1. The summed E-state index contributed by atoms with van der Waals surface area (Å²) in [5, 5.41) is 4.63. The second-order valence-electron chi connectivity index (χ2n) is 7.62. The SMILES string of the molecule is Cc1nn(-c2ccccc2)cc1CN1C[C@@H](NS(C)(=O)=O)[C@H](C(C)C)C1. The molecule has 0 radical (unpaired) electrons. The largest absolute Gasteiger partial charge is 0.297 e. The van der Waals surface area contributed by atoms with Gasteiger partial charge in [0.1, 0.15) is 0 Å². The fourth-order valence-corrected chi connectivity index (χ4v) is 4.52. The van der Waals surface area contributed by atoms with Crippen molar-refractivity contribution in [3.63, 3.8) is 0 Å². The van der Waals surface area contributed by atoms with E-state index in [1.807, 2.05) is 41.9 Å². The quantitative estimate of drug-likeness (QED) is 0.839. The number of hydrogen-bond donors (Lipinski definition) is 1. The zero-order chi connectivity index (χ0) is 18.9. The molecule has 7 heteroatoms. The van der Waals surface area contributed by atoms with Gasteiger partial charge in [-0.15, -0.1) is 0 Å². The van der Waals surface area contributed by atoms with E-state index in [1.54, 1.807) is 0 Å². The molecule has 6 nitrogen and oxygen atoms in total. The summed E-state index contributed by atoms with van der Waals surface area (Å²) in [7, 11) is -3.20. The minimum absolute atomic E-state index is 0.0329. The Balaban J connectivity index is 1.74. The van der Waals surface area contributed by atoms with Gasteiger partial charge in [0, 0.05) is 37.4 Å². The first-order valence-corrected chi connectivity index (χ1v) is 10.9. The fraction of sp³-hybridized carbons (Fsp3) is 0.526. The van der Waals surface area contributed by atoms with E-state index < -0.39 is 10.0 Å². The molecule has 3 rings (SSSR count). The van der Waals surface area contributed by atoms with Crippen molar-refractivity contribution in [2.75, 3.05) is 19.3 Å². The highest BCUT2D eigenvalue weighted by atomic mass is 32.2. The number of rotatable bonds is 6. The van der Waals surface area contributed by atoms with Crippen LogP contribution in [0.2, 0.25) is 0 Å². The number of nitrogens with one attached hydrogen (secondary N) is 1. The summed E-state index contributed by atoms with van der Waals surface area (Å²) in [6.07, 6.45) is 3.31. The van der Waals surface area contributed by atoms with Gasteiger partial charge >= 0.3 is 0 Å². The molecule has 0 unspecified atom stereocenters. The Bertz CT molecular complexity index is 846. The van der Waals surface area contributed by atoms with E-state index in [0.29, 0.717) is 11.8 Å². The summed E-state index contributed by atoms with van der Waals surface area (Å²) in [5.74, 6) is 0.738. The van der Waals surface area contributed by atoms with Crippen LogP contribution in [-0.4, -0.2) is 48.5 Å². The van der Waals surface area contributed by atoms with Gasteiger partial charge in [-0.1, -0.05) is 32.0 Å². The molecule has 2 heterocycles. The lowest BCUT2D eigenvalue weighted by atomic mass is 9.92. The molecule has 2 aromatic rings. The van der Waals surface area contributed by atoms with Crippen LogP contribution in [0.15, 0.2) is 36.5 Å². The third-order valence-electron chi connectivity index (χ3n) is 5.08. The molecule has 1 aliphatic rings. The lowest BCUT2D eigenvalue weighted by Crippen LogP contribution is -2.41. The summed E-state index contributed by atoms with van der Waals surface area (Å²) in [5.41, 5.74) is 3.23. The minimum atomic E-state index is -3.20. The van der Waals surface area contributed by atoms with Crippen LogP contribution in [0, 0.1) is 18.8 Å². The van der Waals surface area contributed by atoms with Gasteiger partial charge in [-0.2, -0.15) is 5.10 Å². The van der Waals surface area contributed by atoms with Crippen LogP contribution in [0.5, 0.6) is 0 Å². The van der Waals surface area contributed by atoms with E-state index in [-0.39, 0.29) is 6.04 Å². The van der Waals surface area contributed by atoms with Gasteiger partial charge in [0.15, 0.2) is 0 Å². The summed E-state index contributed by atoms with van der Waals surface area (Å²) in [4.78, 5) is 2.33. The van der Waals surface area contributed by atoms with Crippen LogP contribution >= 0.6 is 0 Å². The molecule has 1 fully saturated rings. The first-order chi connectivity index (χ1) is 12.2. The Kier molecular flexibility index (Phi) is 5.50. The molecule has 0 amide bonds. The molecule has 0 spiro atoms. The Morgan fingerprint density at radius 1 is 1.23 bits per heavy atom. The predicted octanol–water partition coefficient (Wildman–Crippen LogP) is 2.19. The minimum Gasteiger partial charge on any atom is -0.297 e. The average molecular weight is 377 g/mol. The van der Waals surface area contributed by atoms with E-state index >= 15 is 0 Å². The molecule has 1 N–H and O–H groups in total. The highest BCUT2D eigenvalue weighted by Crippen LogP contribution is 2.27. The molecule has 1 aliphatic heterocycles. The number of aromatic nitrogens is 2. The third-order valence-corrected chi connectivity index (χ3v) is 5.81. The Hall–Kier alpha value is -1.70. The van der Waals surface area contributed by atoms with Crippen molar-refractivity contribution < 1.29 is 8.42 Å². The number of likely N-dealkylation sites (tertiary alicyclic amines) is 1. The monoisotopic (exact) mass is 376 g/mol. The summed E-state index contributed by atoms with van der Waals surface area (Å²) < 4.78 is 28.1. The van der Waals surface area contributed by atoms with Crippen LogP contribution in [0.4, 0.5) is 0 Å². The Labute approximate surface area is 156 Å². The third kappa shape index (κ3) is 4.52. The van der Waals surface area contributed by atoms with Crippen LogP contribution in [0.25, 0.3) is 5.69 Å².